The third kappa shape index (κ3) is 3.94. The highest BCUT2D eigenvalue weighted by Gasteiger charge is 2.21. The number of hydrogen-bond acceptors (Lipinski definition) is 6. The summed E-state index contributed by atoms with van der Waals surface area (Å²) in [5.74, 6) is 2.27. The average molecular weight is 448 g/mol. The van der Waals surface area contributed by atoms with Crippen LogP contribution in [0.25, 0.3) is 6.08 Å². The Morgan fingerprint density at radius 2 is 1.86 bits per heavy atom. The summed E-state index contributed by atoms with van der Waals surface area (Å²) < 4.78 is 22.5. The Hall–Kier alpha value is -2.67. The topological polar surface area (TPSA) is 57.2 Å². The number of hydrogen-bond donors (Lipinski definition) is 0. The van der Waals surface area contributed by atoms with Gasteiger partial charge in [0.2, 0.25) is 5.75 Å². The van der Waals surface area contributed by atoms with Gasteiger partial charge in [0.25, 0.3) is 0 Å². The fraction of sp³-hybridized carbons (Fsp3) is 0.286. The van der Waals surface area contributed by atoms with Gasteiger partial charge in [-0.25, -0.2) is 0 Å². The number of ether oxygens (including phenoxy) is 4. The standard InChI is InChI=1S/C21H22BrNO5/c1-23(2)16-12-13(5-7-17(16)25-3)19(24)15(22)11-14-6-8-18-21(20(14)26-4)28-10-9-27-18/h5-8,11-12H,9-10H2,1-4H3. The van der Waals surface area contributed by atoms with Gasteiger partial charge in [-0.05, 0) is 52.3 Å². The molecule has 1 aliphatic rings. The number of methoxy groups -OCH3 is 2. The molecular formula is C21H22BrNO5. The van der Waals surface area contributed by atoms with Crippen LogP contribution in [0, 0.1) is 0 Å². The summed E-state index contributed by atoms with van der Waals surface area (Å²) in [4.78, 5) is 14.8. The minimum absolute atomic E-state index is 0.150. The molecule has 0 unspecified atom stereocenters. The van der Waals surface area contributed by atoms with E-state index in [9.17, 15) is 4.79 Å². The van der Waals surface area contributed by atoms with Crippen molar-refractivity contribution >= 4 is 33.5 Å². The van der Waals surface area contributed by atoms with Crippen LogP contribution >= 0.6 is 15.9 Å². The van der Waals surface area contributed by atoms with E-state index >= 15 is 0 Å². The second-order valence-corrected chi connectivity index (χ2v) is 7.17. The quantitative estimate of drug-likeness (QED) is 0.489. The van der Waals surface area contributed by atoms with Crippen molar-refractivity contribution in [3.05, 3.63) is 45.9 Å². The number of ketones is 1. The zero-order valence-electron chi connectivity index (χ0n) is 16.2. The minimum atomic E-state index is -0.150. The van der Waals surface area contributed by atoms with Crippen molar-refractivity contribution in [1.82, 2.24) is 0 Å². The third-order valence-electron chi connectivity index (χ3n) is 4.32. The molecular weight excluding hydrogens is 426 g/mol. The van der Waals surface area contributed by atoms with Crippen LogP contribution in [0.5, 0.6) is 23.0 Å². The van der Waals surface area contributed by atoms with E-state index in [0.717, 1.165) is 5.69 Å². The highest BCUT2D eigenvalue weighted by Crippen LogP contribution is 2.43. The molecule has 6 nitrogen and oxygen atoms in total. The van der Waals surface area contributed by atoms with Gasteiger partial charge in [-0.1, -0.05) is 0 Å². The van der Waals surface area contributed by atoms with Gasteiger partial charge in [0, 0.05) is 25.2 Å². The molecule has 0 saturated heterocycles. The molecule has 0 spiro atoms. The molecule has 0 atom stereocenters. The summed E-state index contributed by atoms with van der Waals surface area (Å²) in [7, 11) is 6.97. The molecule has 0 bridgehead atoms. The van der Waals surface area contributed by atoms with Gasteiger partial charge in [0.1, 0.15) is 19.0 Å². The van der Waals surface area contributed by atoms with Crippen LogP contribution in [0.15, 0.2) is 34.8 Å². The normalized spacial score (nSPS) is 13.1. The molecule has 0 aromatic heterocycles. The smallest absolute Gasteiger partial charge is 0.204 e. The highest BCUT2D eigenvalue weighted by atomic mass is 79.9. The Morgan fingerprint density at radius 3 is 2.54 bits per heavy atom. The molecule has 7 heteroatoms. The largest absolute Gasteiger partial charge is 0.495 e. The summed E-state index contributed by atoms with van der Waals surface area (Å²) in [5.41, 5.74) is 2.09. The molecule has 1 aliphatic heterocycles. The molecule has 0 aliphatic carbocycles. The van der Waals surface area contributed by atoms with Crippen LogP contribution in [-0.2, 0) is 0 Å². The number of rotatable bonds is 6. The van der Waals surface area contributed by atoms with Gasteiger partial charge < -0.3 is 23.8 Å². The lowest BCUT2D eigenvalue weighted by Crippen LogP contribution is -2.16. The zero-order valence-corrected chi connectivity index (χ0v) is 17.8. The highest BCUT2D eigenvalue weighted by molar-refractivity contribution is 9.12. The molecule has 3 rings (SSSR count). The van der Waals surface area contributed by atoms with E-state index in [1.807, 2.05) is 31.1 Å². The summed E-state index contributed by atoms with van der Waals surface area (Å²) in [6, 6.07) is 8.97. The number of Topliss-reactive ketones (excluding diaryl/α,β-unsaturated/α-hetero) is 1. The van der Waals surface area contributed by atoms with Crippen molar-refractivity contribution in [3.63, 3.8) is 0 Å². The lowest BCUT2D eigenvalue weighted by molar-refractivity contribution is 0.104. The molecule has 0 amide bonds. The molecule has 0 fully saturated rings. The lowest BCUT2D eigenvalue weighted by atomic mass is 10.1. The van der Waals surface area contributed by atoms with Crippen LogP contribution in [-0.4, -0.2) is 47.3 Å². The zero-order chi connectivity index (χ0) is 20.3. The van der Waals surface area contributed by atoms with Crippen LogP contribution in [0.4, 0.5) is 5.69 Å². The van der Waals surface area contributed by atoms with Crippen molar-refractivity contribution in [2.75, 3.05) is 46.4 Å². The minimum Gasteiger partial charge on any atom is -0.495 e. The first kappa shape index (κ1) is 20.1. The fourth-order valence-electron chi connectivity index (χ4n) is 2.95. The van der Waals surface area contributed by atoms with Gasteiger partial charge in [0.05, 0.1) is 24.4 Å². The summed E-state index contributed by atoms with van der Waals surface area (Å²) in [6.45, 7) is 0.953. The van der Waals surface area contributed by atoms with Crippen LogP contribution in [0.1, 0.15) is 15.9 Å². The SMILES string of the molecule is COc1ccc(C(=O)C(Br)=Cc2ccc3c(c2OC)OCCO3)cc1N(C)C. The first-order chi connectivity index (χ1) is 13.5. The Balaban J connectivity index is 1.96. The van der Waals surface area contributed by atoms with E-state index in [-0.39, 0.29) is 5.78 Å². The lowest BCUT2D eigenvalue weighted by Gasteiger charge is -2.21. The first-order valence-corrected chi connectivity index (χ1v) is 9.49. The average Bonchev–Trinajstić information content (AvgIpc) is 2.72. The maximum Gasteiger partial charge on any atom is 0.204 e. The predicted molar refractivity (Wildman–Crippen MR) is 113 cm³/mol. The second-order valence-electron chi connectivity index (χ2n) is 6.31. The van der Waals surface area contributed by atoms with E-state index in [2.05, 4.69) is 15.9 Å². The molecule has 0 N–H and O–H groups in total. The number of halogens is 1. The van der Waals surface area contributed by atoms with Gasteiger partial charge >= 0.3 is 0 Å². The van der Waals surface area contributed by atoms with Crippen molar-refractivity contribution in [3.8, 4) is 23.0 Å². The number of anilines is 1. The number of benzene rings is 2. The molecule has 28 heavy (non-hydrogen) atoms. The number of fused-ring (bicyclic) bond motifs is 1. The van der Waals surface area contributed by atoms with Gasteiger partial charge in [0.15, 0.2) is 17.3 Å². The van der Waals surface area contributed by atoms with Gasteiger partial charge in [-0.15, -0.1) is 0 Å². The Bertz CT molecular complexity index is 923. The summed E-state index contributed by atoms with van der Waals surface area (Å²) in [6.07, 6.45) is 1.72. The van der Waals surface area contributed by atoms with Gasteiger partial charge in [-0.2, -0.15) is 0 Å². The van der Waals surface area contributed by atoms with Gasteiger partial charge in [-0.3, -0.25) is 4.79 Å². The Kier molecular flexibility index (Phi) is 6.14. The van der Waals surface area contributed by atoms with E-state index < -0.39 is 0 Å². The van der Waals surface area contributed by atoms with Crippen molar-refractivity contribution in [2.45, 2.75) is 0 Å². The number of allylic oxidation sites excluding steroid dienone is 1. The third-order valence-corrected chi connectivity index (χ3v) is 4.91. The van der Waals surface area contributed by atoms with Crippen molar-refractivity contribution in [1.29, 1.82) is 0 Å². The summed E-state index contributed by atoms with van der Waals surface area (Å²) in [5, 5.41) is 0. The molecule has 2 aromatic rings. The van der Waals surface area contributed by atoms with E-state index in [4.69, 9.17) is 18.9 Å². The second kappa shape index (κ2) is 8.56. The summed E-state index contributed by atoms with van der Waals surface area (Å²) >= 11 is 3.41. The molecule has 2 aromatic carbocycles. The predicted octanol–water partition coefficient (Wildman–Crippen LogP) is 4.16. The molecule has 1 heterocycles. The number of nitrogens with zero attached hydrogens (tertiary/aromatic N) is 1. The maximum absolute atomic E-state index is 12.9. The van der Waals surface area contributed by atoms with Crippen LogP contribution in [0.3, 0.4) is 0 Å². The van der Waals surface area contributed by atoms with E-state index in [1.54, 1.807) is 38.5 Å². The Morgan fingerprint density at radius 1 is 1.11 bits per heavy atom. The Labute approximate surface area is 172 Å². The number of carbonyl (C=O) groups is 1. The fourth-order valence-corrected chi connectivity index (χ4v) is 3.43. The van der Waals surface area contributed by atoms with Crippen LogP contribution in [0.2, 0.25) is 0 Å². The first-order valence-electron chi connectivity index (χ1n) is 8.70. The van der Waals surface area contributed by atoms with E-state index in [1.165, 1.54) is 0 Å². The van der Waals surface area contributed by atoms with Crippen LogP contribution < -0.4 is 23.8 Å². The van der Waals surface area contributed by atoms with Crippen molar-refractivity contribution < 1.29 is 23.7 Å². The van der Waals surface area contributed by atoms with E-state index in [0.29, 0.717) is 51.8 Å². The van der Waals surface area contributed by atoms with Crippen molar-refractivity contribution in [2.24, 2.45) is 0 Å². The maximum atomic E-state index is 12.9. The molecule has 0 saturated carbocycles. The molecule has 148 valence electrons. The molecule has 0 radical (unpaired) electrons. The monoisotopic (exact) mass is 447 g/mol. The number of carbonyl (C=O) groups excluding carboxylic acids is 1.